The van der Waals surface area contributed by atoms with Crippen molar-refractivity contribution in [3.8, 4) is 0 Å². The molecule has 0 atom stereocenters. The van der Waals surface area contributed by atoms with E-state index in [0.29, 0.717) is 0 Å². The zero-order valence-corrected chi connectivity index (χ0v) is 9.67. The molecule has 0 saturated heterocycles. The Morgan fingerprint density at radius 3 is 2.75 bits per heavy atom. The quantitative estimate of drug-likeness (QED) is 0.162. The Labute approximate surface area is 96.8 Å². The molecule has 0 bridgehead atoms. The summed E-state index contributed by atoms with van der Waals surface area (Å²) < 4.78 is 0. The van der Waals surface area contributed by atoms with E-state index in [1.54, 1.807) is 6.08 Å². The van der Waals surface area contributed by atoms with Crippen LogP contribution in [0.15, 0.2) is 46.8 Å². The molecule has 0 amide bonds. The lowest BCUT2D eigenvalue weighted by atomic mass is 10.2. The van der Waals surface area contributed by atoms with Crippen molar-refractivity contribution in [3.63, 3.8) is 0 Å². The number of nitrogens with zero attached hydrogens (tertiary/aromatic N) is 2. The minimum atomic E-state index is 0.944. The molecule has 0 aromatic carbocycles. The Hall–Kier alpha value is -1.71. The molecule has 0 spiro atoms. The molecule has 1 N–H and O–H groups in total. The van der Waals surface area contributed by atoms with Crippen molar-refractivity contribution in [1.29, 1.82) is 0 Å². The molecule has 0 aromatic rings. The molecule has 0 aliphatic rings. The van der Waals surface area contributed by atoms with Crippen LogP contribution in [0, 0.1) is 4.91 Å². The zero-order valence-electron chi connectivity index (χ0n) is 9.67. The van der Waals surface area contributed by atoms with Gasteiger partial charge in [-0.2, -0.15) is 10.6 Å². The second-order valence-electron chi connectivity index (χ2n) is 3.13. The van der Waals surface area contributed by atoms with Crippen molar-refractivity contribution in [1.82, 2.24) is 5.53 Å². The van der Waals surface area contributed by atoms with Crippen LogP contribution in [0.2, 0.25) is 0 Å². The van der Waals surface area contributed by atoms with Gasteiger partial charge in [0.05, 0.1) is 5.29 Å². The van der Waals surface area contributed by atoms with E-state index in [1.807, 2.05) is 17.7 Å². The summed E-state index contributed by atoms with van der Waals surface area (Å²) in [5, 5.41) is 5.83. The fourth-order valence-electron chi connectivity index (χ4n) is 0.986. The Balaban J connectivity index is 3.46. The highest BCUT2D eigenvalue weighted by atomic mass is 16.3. The molecule has 0 unspecified atom stereocenters. The number of rotatable bonds is 9. The number of hydrogen-bond acceptors (Lipinski definition) is 3. The SMILES string of the molecule is CCCC/C=C/C/C=C/C=C/C=N/NN=O. The van der Waals surface area contributed by atoms with Gasteiger partial charge < -0.3 is 0 Å². The van der Waals surface area contributed by atoms with Crippen LogP contribution in [0.25, 0.3) is 0 Å². The van der Waals surface area contributed by atoms with Crippen molar-refractivity contribution in [2.24, 2.45) is 10.4 Å². The first-order valence-electron chi connectivity index (χ1n) is 5.49. The van der Waals surface area contributed by atoms with Crippen molar-refractivity contribution < 1.29 is 0 Å². The predicted octanol–water partition coefficient (Wildman–Crippen LogP) is 3.49. The van der Waals surface area contributed by atoms with Gasteiger partial charge in [-0.1, -0.05) is 50.1 Å². The highest BCUT2D eigenvalue weighted by Crippen LogP contribution is 1.96. The normalized spacial score (nSPS) is 12.3. The number of hydrazone groups is 1. The van der Waals surface area contributed by atoms with Gasteiger partial charge in [0.1, 0.15) is 0 Å². The first-order valence-corrected chi connectivity index (χ1v) is 5.49. The molecule has 88 valence electrons. The maximum Gasteiger partial charge on any atom is 0.0722 e. The van der Waals surface area contributed by atoms with Crippen LogP contribution in [-0.2, 0) is 0 Å². The zero-order chi connectivity index (χ0) is 11.9. The second-order valence-corrected chi connectivity index (χ2v) is 3.13. The largest absolute Gasteiger partial charge is 0.164 e. The topological polar surface area (TPSA) is 53.8 Å². The lowest BCUT2D eigenvalue weighted by Gasteiger charge is -1.86. The first-order chi connectivity index (χ1) is 7.91. The number of hydrogen-bond donors (Lipinski definition) is 1. The van der Waals surface area contributed by atoms with Crippen LogP contribution in [0.5, 0.6) is 0 Å². The van der Waals surface area contributed by atoms with E-state index in [2.05, 4.69) is 35.5 Å². The van der Waals surface area contributed by atoms with Gasteiger partial charge >= 0.3 is 0 Å². The highest BCUT2D eigenvalue weighted by molar-refractivity contribution is 5.71. The van der Waals surface area contributed by atoms with E-state index >= 15 is 0 Å². The lowest BCUT2D eigenvalue weighted by molar-refractivity contribution is 0.804. The third-order valence-electron chi connectivity index (χ3n) is 1.78. The van der Waals surface area contributed by atoms with Crippen LogP contribution in [0.3, 0.4) is 0 Å². The van der Waals surface area contributed by atoms with E-state index in [9.17, 15) is 4.91 Å². The molecular weight excluding hydrogens is 202 g/mol. The van der Waals surface area contributed by atoms with Crippen LogP contribution in [-0.4, -0.2) is 6.21 Å². The molecular formula is C12H19N3O. The molecule has 16 heavy (non-hydrogen) atoms. The van der Waals surface area contributed by atoms with Crippen LogP contribution < -0.4 is 5.53 Å². The molecule has 4 nitrogen and oxygen atoms in total. The van der Waals surface area contributed by atoms with Gasteiger partial charge in [0.15, 0.2) is 0 Å². The van der Waals surface area contributed by atoms with Crippen LogP contribution in [0.4, 0.5) is 0 Å². The molecule has 0 radical (unpaired) electrons. The van der Waals surface area contributed by atoms with Gasteiger partial charge in [0.25, 0.3) is 0 Å². The fourth-order valence-corrected chi connectivity index (χ4v) is 0.986. The van der Waals surface area contributed by atoms with Crippen molar-refractivity contribution in [2.75, 3.05) is 0 Å². The highest BCUT2D eigenvalue weighted by Gasteiger charge is 1.76. The number of allylic oxidation sites excluding steroid dienone is 6. The molecule has 0 aliphatic carbocycles. The summed E-state index contributed by atoms with van der Waals surface area (Å²) in [7, 11) is 0. The molecule has 0 aliphatic heterocycles. The van der Waals surface area contributed by atoms with Crippen molar-refractivity contribution in [2.45, 2.75) is 32.6 Å². The molecule has 0 aromatic heterocycles. The molecule has 0 fully saturated rings. The Bertz CT molecular complexity index is 267. The Morgan fingerprint density at radius 1 is 1.12 bits per heavy atom. The third-order valence-corrected chi connectivity index (χ3v) is 1.78. The van der Waals surface area contributed by atoms with E-state index in [0.717, 1.165) is 12.8 Å². The number of unbranched alkanes of at least 4 members (excludes halogenated alkanes) is 2. The molecule has 0 heterocycles. The first kappa shape index (κ1) is 14.3. The maximum absolute atomic E-state index is 9.57. The minimum Gasteiger partial charge on any atom is -0.164 e. The van der Waals surface area contributed by atoms with E-state index in [1.165, 1.54) is 19.1 Å². The Kier molecular flexibility index (Phi) is 11.9. The van der Waals surface area contributed by atoms with Gasteiger partial charge in [-0.15, -0.1) is 4.91 Å². The summed E-state index contributed by atoms with van der Waals surface area (Å²) >= 11 is 0. The molecule has 4 heteroatoms. The summed E-state index contributed by atoms with van der Waals surface area (Å²) in [6.45, 7) is 2.19. The lowest BCUT2D eigenvalue weighted by Crippen LogP contribution is -1.89. The van der Waals surface area contributed by atoms with E-state index in [-0.39, 0.29) is 0 Å². The van der Waals surface area contributed by atoms with Gasteiger partial charge in [0.2, 0.25) is 0 Å². The van der Waals surface area contributed by atoms with Crippen molar-refractivity contribution >= 4 is 6.21 Å². The van der Waals surface area contributed by atoms with Gasteiger partial charge in [-0.05, 0) is 18.9 Å². The molecule has 0 saturated carbocycles. The summed E-state index contributed by atoms with van der Waals surface area (Å²) in [4.78, 5) is 9.57. The van der Waals surface area contributed by atoms with Crippen LogP contribution >= 0.6 is 0 Å². The van der Waals surface area contributed by atoms with Crippen LogP contribution in [0.1, 0.15) is 32.6 Å². The number of nitroso groups, excluding NO2 is 1. The third kappa shape index (κ3) is 12.3. The number of nitrogens with one attached hydrogen (secondary N) is 1. The smallest absolute Gasteiger partial charge is 0.0722 e. The molecule has 0 rings (SSSR count). The predicted molar refractivity (Wildman–Crippen MR) is 69.0 cm³/mol. The Morgan fingerprint density at radius 2 is 2.00 bits per heavy atom. The fraction of sp³-hybridized carbons (Fsp3) is 0.417. The van der Waals surface area contributed by atoms with E-state index < -0.39 is 0 Å². The van der Waals surface area contributed by atoms with E-state index in [4.69, 9.17) is 0 Å². The summed E-state index contributed by atoms with van der Waals surface area (Å²) in [5.74, 6) is 0. The monoisotopic (exact) mass is 221 g/mol. The van der Waals surface area contributed by atoms with Gasteiger partial charge in [-0.25, -0.2) is 0 Å². The average Bonchev–Trinajstić information content (AvgIpc) is 2.31. The minimum absolute atomic E-state index is 0.944. The average molecular weight is 221 g/mol. The summed E-state index contributed by atoms with van der Waals surface area (Å²) in [5.41, 5.74) is 1.93. The standard InChI is InChI=1S/C12H19N3O/c1-2-3-4-5-6-7-8-9-10-11-12-13-14-15-16/h5-6,8-12H,2-4,7H2,1H3,(H,14,16)/b6-5+,9-8+,11-10+,13-12+. The summed E-state index contributed by atoms with van der Waals surface area (Å²) in [6, 6.07) is 0. The van der Waals surface area contributed by atoms with Crippen molar-refractivity contribution in [3.05, 3.63) is 41.4 Å². The maximum atomic E-state index is 9.57. The van der Waals surface area contributed by atoms with Gasteiger partial charge in [-0.3, -0.25) is 0 Å². The summed E-state index contributed by atoms with van der Waals surface area (Å²) in [6.07, 6.45) is 18.0. The van der Waals surface area contributed by atoms with Gasteiger partial charge in [0, 0.05) is 6.21 Å². The second kappa shape index (κ2) is 13.3.